The molecule has 0 aromatic carbocycles. The number of halogens is 1. The van der Waals surface area contributed by atoms with Crippen molar-refractivity contribution < 1.29 is 4.42 Å². The molecule has 0 N–H and O–H groups in total. The summed E-state index contributed by atoms with van der Waals surface area (Å²) in [5.74, 6) is 2.86. The van der Waals surface area contributed by atoms with Crippen molar-refractivity contribution in [1.29, 1.82) is 0 Å². The second kappa shape index (κ2) is 5.33. The molecule has 0 unspecified atom stereocenters. The van der Waals surface area contributed by atoms with Gasteiger partial charge in [-0.15, -0.1) is 11.8 Å². The van der Waals surface area contributed by atoms with E-state index in [1.165, 1.54) is 5.54 Å². The van der Waals surface area contributed by atoms with E-state index < -0.39 is 0 Å². The molecular weight excluding hydrogens is 180 g/mol. The summed E-state index contributed by atoms with van der Waals surface area (Å²) in [6, 6.07) is 3.87. The smallest absolute Gasteiger partial charge is 0.113 e. The summed E-state index contributed by atoms with van der Waals surface area (Å²) < 4.78 is 5.14. The third kappa shape index (κ3) is 3.54. The van der Waals surface area contributed by atoms with Crippen molar-refractivity contribution in [3.05, 3.63) is 35.8 Å². The molecule has 0 aliphatic rings. The van der Waals surface area contributed by atoms with Crippen LogP contribution >= 0.6 is 23.4 Å². The van der Waals surface area contributed by atoms with E-state index in [-0.39, 0.29) is 0 Å². The van der Waals surface area contributed by atoms with Crippen LogP contribution in [0.2, 0.25) is 0 Å². The Bertz CT molecular complexity index is 206. The second-order valence-electron chi connectivity index (χ2n) is 1.96. The molecule has 1 aromatic rings. The highest BCUT2D eigenvalue weighted by molar-refractivity contribution is 7.98. The van der Waals surface area contributed by atoms with Gasteiger partial charge in [-0.05, 0) is 12.1 Å². The monoisotopic (exact) mass is 188 g/mol. The molecule has 1 heterocycles. The van der Waals surface area contributed by atoms with Gasteiger partial charge >= 0.3 is 0 Å². The molecule has 0 saturated carbocycles. The summed E-state index contributed by atoms with van der Waals surface area (Å²) in [6.45, 7) is 0. The summed E-state index contributed by atoms with van der Waals surface area (Å²) in [6.07, 6.45) is 3.60. The Morgan fingerprint density at radius 2 is 2.55 bits per heavy atom. The number of thioether (sulfide) groups is 1. The Morgan fingerprint density at radius 1 is 1.64 bits per heavy atom. The summed E-state index contributed by atoms with van der Waals surface area (Å²) in [5.41, 5.74) is 1.54. The molecule has 0 radical (unpaired) electrons. The molecular formula is C8H9ClOS. The number of hydrogen-bond acceptors (Lipinski definition) is 2. The molecule has 1 nitrogen and oxygen atoms in total. The molecule has 0 amide bonds. The Kier molecular flexibility index (Phi) is 4.24. The first-order valence-corrected chi connectivity index (χ1v) is 4.88. The largest absolute Gasteiger partial charge is 0.468 e. The van der Waals surface area contributed by atoms with Gasteiger partial charge < -0.3 is 4.42 Å². The molecule has 0 spiro atoms. The lowest BCUT2D eigenvalue weighted by Crippen LogP contribution is -1.75. The van der Waals surface area contributed by atoms with E-state index in [0.717, 1.165) is 17.3 Å². The van der Waals surface area contributed by atoms with Crippen molar-refractivity contribution in [2.45, 2.75) is 5.75 Å². The first kappa shape index (κ1) is 8.75. The molecule has 0 fully saturated rings. The van der Waals surface area contributed by atoms with Gasteiger partial charge in [-0.1, -0.05) is 17.7 Å². The molecule has 0 aliphatic carbocycles. The van der Waals surface area contributed by atoms with Gasteiger partial charge in [0.15, 0.2) is 0 Å². The third-order valence-corrected chi connectivity index (χ3v) is 2.22. The minimum Gasteiger partial charge on any atom is -0.468 e. The maximum atomic E-state index is 5.34. The second-order valence-corrected chi connectivity index (χ2v) is 3.24. The Balaban J connectivity index is 2.14. The van der Waals surface area contributed by atoms with Crippen molar-refractivity contribution in [2.24, 2.45) is 0 Å². The zero-order valence-corrected chi connectivity index (χ0v) is 7.57. The first-order valence-electron chi connectivity index (χ1n) is 3.29. The van der Waals surface area contributed by atoms with E-state index in [0.29, 0.717) is 0 Å². The average molecular weight is 189 g/mol. The highest BCUT2D eigenvalue weighted by atomic mass is 35.5. The SMILES string of the molecule is Cl/C=C/CSCc1ccco1. The highest BCUT2D eigenvalue weighted by Gasteiger charge is 1.92. The number of hydrogen-bond donors (Lipinski definition) is 0. The van der Waals surface area contributed by atoms with Crippen LogP contribution in [0, 0.1) is 0 Å². The number of rotatable bonds is 4. The fourth-order valence-electron chi connectivity index (χ4n) is 0.659. The van der Waals surface area contributed by atoms with Gasteiger partial charge in [0.1, 0.15) is 5.76 Å². The predicted octanol–water partition coefficient (Wildman–Crippen LogP) is 3.27. The lowest BCUT2D eigenvalue weighted by molar-refractivity contribution is 0.530. The van der Waals surface area contributed by atoms with Crippen molar-refractivity contribution in [3.63, 3.8) is 0 Å². The Morgan fingerprint density at radius 3 is 3.18 bits per heavy atom. The molecule has 3 heteroatoms. The third-order valence-electron chi connectivity index (χ3n) is 1.13. The molecule has 60 valence electrons. The average Bonchev–Trinajstić information content (AvgIpc) is 2.50. The van der Waals surface area contributed by atoms with Crippen molar-refractivity contribution in [1.82, 2.24) is 0 Å². The van der Waals surface area contributed by atoms with Crippen LogP contribution in [0.4, 0.5) is 0 Å². The van der Waals surface area contributed by atoms with E-state index in [2.05, 4.69) is 0 Å². The van der Waals surface area contributed by atoms with Gasteiger partial charge in [0.2, 0.25) is 0 Å². The molecule has 1 aromatic heterocycles. The normalized spacial score (nSPS) is 11.0. The summed E-state index contributed by atoms with van der Waals surface area (Å²) >= 11 is 7.12. The Hall–Kier alpha value is -0.340. The molecule has 0 saturated heterocycles. The van der Waals surface area contributed by atoms with E-state index in [1.54, 1.807) is 18.0 Å². The van der Waals surface area contributed by atoms with Crippen LogP contribution in [-0.2, 0) is 5.75 Å². The van der Waals surface area contributed by atoms with Crippen molar-refractivity contribution in [2.75, 3.05) is 5.75 Å². The lowest BCUT2D eigenvalue weighted by atomic mass is 10.5. The minimum atomic E-state index is 0.911. The van der Waals surface area contributed by atoms with Crippen LogP contribution in [0.3, 0.4) is 0 Å². The first-order chi connectivity index (χ1) is 5.43. The maximum Gasteiger partial charge on any atom is 0.113 e. The fourth-order valence-corrected chi connectivity index (χ4v) is 1.57. The van der Waals surface area contributed by atoms with Gasteiger partial charge in [0, 0.05) is 11.3 Å². The zero-order chi connectivity index (χ0) is 7.94. The van der Waals surface area contributed by atoms with Crippen LogP contribution < -0.4 is 0 Å². The maximum absolute atomic E-state index is 5.34. The van der Waals surface area contributed by atoms with E-state index in [9.17, 15) is 0 Å². The van der Waals surface area contributed by atoms with Gasteiger partial charge in [-0.2, -0.15) is 0 Å². The van der Waals surface area contributed by atoms with Crippen LogP contribution in [0.15, 0.2) is 34.4 Å². The summed E-state index contributed by atoms with van der Waals surface area (Å²) in [4.78, 5) is 0. The molecule has 1 rings (SSSR count). The topological polar surface area (TPSA) is 13.1 Å². The zero-order valence-electron chi connectivity index (χ0n) is 6.00. The van der Waals surface area contributed by atoms with Crippen LogP contribution in [0.1, 0.15) is 5.76 Å². The highest BCUT2D eigenvalue weighted by Crippen LogP contribution is 2.12. The van der Waals surface area contributed by atoms with Crippen LogP contribution in [-0.4, -0.2) is 5.75 Å². The van der Waals surface area contributed by atoms with Crippen LogP contribution in [0.5, 0.6) is 0 Å². The lowest BCUT2D eigenvalue weighted by Gasteiger charge is -1.91. The van der Waals surface area contributed by atoms with E-state index in [1.807, 2.05) is 18.2 Å². The predicted molar refractivity (Wildman–Crippen MR) is 49.9 cm³/mol. The van der Waals surface area contributed by atoms with E-state index >= 15 is 0 Å². The van der Waals surface area contributed by atoms with Gasteiger partial charge in [0.05, 0.1) is 12.0 Å². The Labute approximate surface area is 75.4 Å². The fraction of sp³-hybridized carbons (Fsp3) is 0.250. The molecule has 0 bridgehead atoms. The van der Waals surface area contributed by atoms with Crippen molar-refractivity contribution in [3.8, 4) is 0 Å². The minimum absolute atomic E-state index is 0.911. The summed E-state index contributed by atoms with van der Waals surface area (Å²) in [7, 11) is 0. The number of furan rings is 1. The van der Waals surface area contributed by atoms with Gasteiger partial charge in [0.25, 0.3) is 0 Å². The quantitative estimate of drug-likeness (QED) is 0.673. The van der Waals surface area contributed by atoms with Crippen LogP contribution in [0.25, 0.3) is 0 Å². The van der Waals surface area contributed by atoms with Gasteiger partial charge in [-0.25, -0.2) is 0 Å². The van der Waals surface area contributed by atoms with Crippen molar-refractivity contribution >= 4 is 23.4 Å². The summed E-state index contributed by atoms with van der Waals surface area (Å²) in [5, 5.41) is 0. The standard InChI is InChI=1S/C8H9ClOS/c9-4-2-6-11-7-8-3-1-5-10-8/h1-5H,6-7H2/b4-2+. The molecule has 0 aliphatic heterocycles. The van der Waals surface area contributed by atoms with Gasteiger partial charge in [-0.3, -0.25) is 0 Å². The van der Waals surface area contributed by atoms with E-state index in [4.69, 9.17) is 16.0 Å². The molecule has 0 atom stereocenters. The molecule has 11 heavy (non-hydrogen) atoms.